The Morgan fingerprint density at radius 3 is 2.33 bits per heavy atom. The van der Waals surface area contributed by atoms with Gasteiger partial charge in [0.05, 0.1) is 6.42 Å². The quantitative estimate of drug-likeness (QED) is 0.239. The molecule has 5 fully saturated rings. The van der Waals surface area contributed by atoms with E-state index >= 15 is 0 Å². The van der Waals surface area contributed by atoms with Crippen LogP contribution in [0.3, 0.4) is 0 Å². The lowest BCUT2D eigenvalue weighted by atomic mass is 9.58. The normalized spacial score (nSPS) is 36.9. The van der Waals surface area contributed by atoms with Crippen molar-refractivity contribution < 1.29 is 48.3 Å². The van der Waals surface area contributed by atoms with Crippen LogP contribution < -0.4 is 10.6 Å². The minimum absolute atomic E-state index is 0.00281. The number of rotatable bonds is 11. The first kappa shape index (κ1) is 32.6. The van der Waals surface area contributed by atoms with Gasteiger partial charge in [0.15, 0.2) is 11.9 Å². The topological polar surface area (TPSA) is 159 Å². The minimum atomic E-state index is -1.14. The number of fused-ring (bicyclic) bond motifs is 2. The third-order valence-corrected chi connectivity index (χ3v) is 9.49. The van der Waals surface area contributed by atoms with Crippen LogP contribution in [0, 0.1) is 35.5 Å². The molecule has 2 bridgehead atoms. The average Bonchev–Trinajstić information content (AvgIpc) is 3.13. The van der Waals surface area contributed by atoms with Crippen LogP contribution in [-0.4, -0.2) is 64.9 Å². The molecule has 0 radical (unpaired) electrons. The minimum Gasteiger partial charge on any atom is -0.480 e. The number of amides is 2. The largest absolute Gasteiger partial charge is 0.480 e. The van der Waals surface area contributed by atoms with E-state index in [0.29, 0.717) is 18.8 Å². The number of carbonyl (C=O) groups excluding carboxylic acids is 3. The maximum Gasteiger partial charge on any atom is 0.326 e. The van der Waals surface area contributed by atoms with Crippen molar-refractivity contribution in [3.8, 4) is 0 Å². The molecule has 12 heteroatoms. The summed E-state index contributed by atoms with van der Waals surface area (Å²) >= 11 is 0. The van der Waals surface area contributed by atoms with Gasteiger partial charge in [0.25, 0.3) is 0 Å². The molecule has 1 spiro atoms. The summed E-state index contributed by atoms with van der Waals surface area (Å²) in [5.41, 5.74) is -0.767. The Labute approximate surface area is 247 Å². The van der Waals surface area contributed by atoms with Gasteiger partial charge >= 0.3 is 11.9 Å². The number of carbonyl (C=O) groups is 4. The molecule has 5 rings (SSSR count). The molecule has 0 aromatic carbocycles. The third-order valence-electron chi connectivity index (χ3n) is 9.49. The van der Waals surface area contributed by atoms with Crippen LogP contribution in [0.2, 0.25) is 0 Å². The fourth-order valence-electron chi connectivity index (χ4n) is 7.15. The second kappa shape index (κ2) is 12.8. The smallest absolute Gasteiger partial charge is 0.326 e. The van der Waals surface area contributed by atoms with Crippen LogP contribution in [0.25, 0.3) is 0 Å². The zero-order valence-electron chi connectivity index (χ0n) is 25.8. The number of esters is 1. The summed E-state index contributed by atoms with van der Waals surface area (Å²) in [5.74, 6) is -3.63. The molecule has 10 atom stereocenters. The zero-order valence-corrected chi connectivity index (χ0v) is 25.8. The Hall–Kier alpha value is -2.28. The second-order valence-corrected chi connectivity index (χ2v) is 13.6. The van der Waals surface area contributed by atoms with Crippen molar-refractivity contribution in [1.82, 2.24) is 10.6 Å². The molecule has 5 aliphatic rings. The van der Waals surface area contributed by atoms with Crippen LogP contribution in [0.1, 0.15) is 93.4 Å². The number of hydrogen-bond acceptors (Lipinski definition) is 9. The molecule has 1 aliphatic carbocycles. The van der Waals surface area contributed by atoms with E-state index in [0.717, 1.165) is 19.3 Å². The molecule has 4 saturated heterocycles. The maximum absolute atomic E-state index is 12.9. The molecule has 0 unspecified atom stereocenters. The first-order chi connectivity index (χ1) is 19.7. The first-order valence-corrected chi connectivity index (χ1v) is 15.4. The molecule has 0 aromatic rings. The van der Waals surface area contributed by atoms with E-state index in [9.17, 15) is 24.3 Å². The van der Waals surface area contributed by atoms with Crippen molar-refractivity contribution in [2.45, 2.75) is 129 Å². The number of nitrogens with one attached hydrogen (secondary N) is 2. The van der Waals surface area contributed by atoms with Crippen LogP contribution >= 0.6 is 0 Å². The molecule has 238 valence electrons. The van der Waals surface area contributed by atoms with Crippen molar-refractivity contribution >= 4 is 23.8 Å². The average molecular weight is 597 g/mol. The number of carboxylic acid groups (broad SMARTS) is 1. The van der Waals surface area contributed by atoms with Crippen molar-refractivity contribution in [3.63, 3.8) is 0 Å². The summed E-state index contributed by atoms with van der Waals surface area (Å²) in [6.07, 6.45) is 1.73. The number of aliphatic carboxylic acids is 1. The molecule has 12 nitrogen and oxygen atoms in total. The highest BCUT2D eigenvalue weighted by Crippen LogP contribution is 2.60. The van der Waals surface area contributed by atoms with Gasteiger partial charge < -0.3 is 30.0 Å². The van der Waals surface area contributed by atoms with Gasteiger partial charge in [-0.15, -0.1) is 0 Å². The second-order valence-electron chi connectivity index (χ2n) is 13.6. The van der Waals surface area contributed by atoms with Crippen LogP contribution in [-0.2, 0) is 43.2 Å². The van der Waals surface area contributed by atoms with Crippen molar-refractivity contribution in [2.75, 3.05) is 0 Å². The summed E-state index contributed by atoms with van der Waals surface area (Å²) in [6, 6.07) is -2.01. The molecule has 4 heterocycles. The fraction of sp³-hybridized carbons (Fsp3) is 0.867. The van der Waals surface area contributed by atoms with Crippen LogP contribution in [0.15, 0.2) is 0 Å². The summed E-state index contributed by atoms with van der Waals surface area (Å²) < 4.78 is 18.3. The number of carboxylic acids is 1. The molecular weight excluding hydrogens is 548 g/mol. The van der Waals surface area contributed by atoms with E-state index in [1.165, 1.54) is 0 Å². The van der Waals surface area contributed by atoms with Gasteiger partial charge in [0, 0.05) is 24.7 Å². The molecule has 0 aromatic heterocycles. The fourth-order valence-corrected chi connectivity index (χ4v) is 7.15. The standard InChI is InChI=1S/C30H48N2O10/c1-15(2)14-21(25(35)32-24(16(3)4)26(36)37)31-22(33)10-11-23(34)38-27-18(6)20-9-8-17(5)19-12-13-29(7)40-28(39-27)30(19,20)42-41-29/h15-21,24,27-28H,8-14H2,1-7H3,(H,31,33)(H,32,35)(H,36,37)/t17-,18-,19+,20+,21+,24+,27-,28+,29+,30-/m1/s1. The van der Waals surface area contributed by atoms with Crippen molar-refractivity contribution in [2.24, 2.45) is 35.5 Å². The van der Waals surface area contributed by atoms with E-state index in [4.69, 9.17) is 24.0 Å². The highest BCUT2D eigenvalue weighted by Gasteiger charge is 2.69. The lowest BCUT2D eigenvalue weighted by molar-refractivity contribution is -0.576. The summed E-state index contributed by atoms with van der Waals surface area (Å²) in [7, 11) is 0. The Morgan fingerprint density at radius 1 is 0.976 bits per heavy atom. The third kappa shape index (κ3) is 6.61. The summed E-state index contributed by atoms with van der Waals surface area (Å²) in [6.45, 7) is 13.2. The van der Waals surface area contributed by atoms with Gasteiger partial charge in [0.1, 0.15) is 12.1 Å². The Morgan fingerprint density at radius 2 is 1.69 bits per heavy atom. The predicted molar refractivity (Wildman–Crippen MR) is 148 cm³/mol. The van der Waals surface area contributed by atoms with Crippen LogP contribution in [0.5, 0.6) is 0 Å². The predicted octanol–water partition coefficient (Wildman–Crippen LogP) is 3.27. The van der Waals surface area contributed by atoms with Gasteiger partial charge in [-0.3, -0.25) is 14.4 Å². The highest BCUT2D eigenvalue weighted by molar-refractivity contribution is 5.91. The highest BCUT2D eigenvalue weighted by atomic mass is 17.3. The van der Waals surface area contributed by atoms with Crippen LogP contribution in [0.4, 0.5) is 0 Å². The lowest BCUT2D eigenvalue weighted by Crippen LogP contribution is -2.70. The van der Waals surface area contributed by atoms with Gasteiger partial charge in [0.2, 0.25) is 23.9 Å². The van der Waals surface area contributed by atoms with Gasteiger partial charge in [-0.05, 0) is 56.3 Å². The Bertz CT molecular complexity index is 1040. The lowest BCUT2D eigenvalue weighted by Gasteiger charge is -2.59. The van der Waals surface area contributed by atoms with Crippen molar-refractivity contribution in [3.05, 3.63) is 0 Å². The van der Waals surface area contributed by atoms with Crippen molar-refractivity contribution in [1.29, 1.82) is 0 Å². The molecule has 3 N–H and O–H groups in total. The SMILES string of the molecule is CC(C)C[C@H](NC(=O)CCC(=O)O[C@@H]1O[C@H]2O[C@]3(C)CC[C@H]4[C@H](C)CC[C@@H]([C@H]1C)[C@@]24OO3)C(=O)N[C@H](C(=O)O)C(C)C. The van der Waals surface area contributed by atoms with Gasteiger partial charge in [-0.1, -0.05) is 41.5 Å². The summed E-state index contributed by atoms with van der Waals surface area (Å²) in [5, 5.41) is 14.6. The monoisotopic (exact) mass is 596 g/mol. The van der Waals surface area contributed by atoms with E-state index in [2.05, 4.69) is 17.6 Å². The van der Waals surface area contributed by atoms with Gasteiger partial charge in [-0.25, -0.2) is 14.6 Å². The Balaban J connectivity index is 1.35. The van der Waals surface area contributed by atoms with E-state index in [1.807, 2.05) is 27.7 Å². The molecule has 42 heavy (non-hydrogen) atoms. The maximum atomic E-state index is 12.9. The van der Waals surface area contributed by atoms with E-state index in [-0.39, 0.29) is 42.4 Å². The molecule has 2 amide bonds. The zero-order chi connectivity index (χ0) is 31.0. The number of ether oxygens (including phenoxy) is 3. The molecule has 4 aliphatic heterocycles. The Kier molecular flexibility index (Phi) is 9.91. The van der Waals surface area contributed by atoms with Gasteiger partial charge in [-0.2, -0.15) is 0 Å². The molecular formula is C30H48N2O10. The number of hydrogen-bond donors (Lipinski definition) is 3. The molecule has 1 saturated carbocycles. The van der Waals surface area contributed by atoms with E-state index in [1.54, 1.807) is 13.8 Å². The van der Waals surface area contributed by atoms with E-state index < -0.39 is 59.8 Å². The first-order valence-electron chi connectivity index (χ1n) is 15.4. The summed E-state index contributed by atoms with van der Waals surface area (Å²) in [4.78, 5) is 62.0.